The summed E-state index contributed by atoms with van der Waals surface area (Å²) >= 11 is 0. The maximum absolute atomic E-state index is 14.3. The summed E-state index contributed by atoms with van der Waals surface area (Å²) < 4.78 is 0. The minimum atomic E-state index is -0.992. The number of nitrogens with zero attached hydrogens (tertiary/aromatic N) is 3. The average molecular weight is 534 g/mol. The molecule has 9 heteroatoms. The van der Waals surface area contributed by atoms with Gasteiger partial charge in [-0.2, -0.15) is 5.26 Å². The van der Waals surface area contributed by atoms with E-state index in [0.717, 1.165) is 31.2 Å². The Labute approximate surface area is 230 Å². The van der Waals surface area contributed by atoms with Crippen molar-refractivity contribution in [1.29, 1.82) is 5.26 Å². The molecule has 208 valence electrons. The second kappa shape index (κ2) is 9.96. The maximum atomic E-state index is 14.3. The molecule has 1 aromatic rings. The number of benzene rings is 1. The van der Waals surface area contributed by atoms with Crippen molar-refractivity contribution in [2.45, 2.75) is 89.3 Å². The van der Waals surface area contributed by atoms with E-state index in [4.69, 9.17) is 0 Å². The number of likely N-dealkylation sites (N-methyl/N-ethyl adjacent to an activating group) is 1. The molecule has 1 saturated heterocycles. The minimum absolute atomic E-state index is 0.0191. The lowest BCUT2D eigenvalue weighted by Gasteiger charge is -2.37. The van der Waals surface area contributed by atoms with Crippen LogP contribution in [0.5, 0.6) is 0 Å². The fraction of sp³-hybridized carbons (Fsp3) is 0.633. The summed E-state index contributed by atoms with van der Waals surface area (Å²) in [5.74, 6) is -0.508. The number of fused-ring (bicyclic) bond motifs is 2. The highest BCUT2D eigenvalue weighted by Crippen LogP contribution is 2.46. The molecule has 2 N–H and O–H groups in total. The van der Waals surface area contributed by atoms with Crippen molar-refractivity contribution in [3.8, 4) is 6.07 Å². The van der Waals surface area contributed by atoms with Crippen LogP contribution >= 0.6 is 0 Å². The molecule has 2 heterocycles. The van der Waals surface area contributed by atoms with Gasteiger partial charge in [0.05, 0.1) is 11.5 Å². The van der Waals surface area contributed by atoms with E-state index in [0.29, 0.717) is 24.4 Å². The van der Waals surface area contributed by atoms with Crippen LogP contribution in [-0.4, -0.2) is 65.1 Å². The van der Waals surface area contributed by atoms with Crippen LogP contribution in [0.2, 0.25) is 0 Å². The Hall–Kier alpha value is -3.41. The van der Waals surface area contributed by atoms with Crippen LogP contribution in [0.15, 0.2) is 24.3 Å². The number of carbonyl (C=O) groups excluding carboxylic acids is 4. The molecule has 0 aromatic heterocycles. The van der Waals surface area contributed by atoms with Gasteiger partial charge < -0.3 is 20.4 Å². The largest absolute Gasteiger partial charge is 0.344 e. The number of hydrogen-bond acceptors (Lipinski definition) is 5. The summed E-state index contributed by atoms with van der Waals surface area (Å²) in [5.41, 5.74) is 0.222. The van der Waals surface area contributed by atoms with E-state index < -0.39 is 23.5 Å². The van der Waals surface area contributed by atoms with Gasteiger partial charge in [-0.25, -0.2) is 0 Å². The first-order chi connectivity index (χ1) is 18.4. The summed E-state index contributed by atoms with van der Waals surface area (Å²) in [5, 5.41) is 16.0. The molecule has 0 radical (unpaired) electrons. The third kappa shape index (κ3) is 5.39. The number of nitriles is 1. The van der Waals surface area contributed by atoms with Crippen molar-refractivity contribution in [3.05, 3.63) is 29.8 Å². The fourth-order valence-electron chi connectivity index (χ4n) is 6.09. The first kappa shape index (κ1) is 27.2. The van der Waals surface area contributed by atoms with Gasteiger partial charge in [0.15, 0.2) is 0 Å². The molecule has 0 bridgehead atoms. The zero-order chi connectivity index (χ0) is 28.1. The molecule has 2 saturated carbocycles. The van der Waals surface area contributed by atoms with Gasteiger partial charge in [-0.1, -0.05) is 51.8 Å². The van der Waals surface area contributed by atoms with Crippen LogP contribution in [0.1, 0.15) is 71.3 Å². The maximum Gasteiger partial charge on any atom is 0.246 e. The van der Waals surface area contributed by atoms with Crippen LogP contribution in [-0.2, 0) is 24.6 Å². The monoisotopic (exact) mass is 533 g/mol. The quantitative estimate of drug-likeness (QED) is 0.532. The first-order valence-electron chi connectivity index (χ1n) is 14.1. The Morgan fingerprint density at radius 2 is 1.90 bits per heavy atom. The zero-order valence-electron chi connectivity index (χ0n) is 23.3. The fourth-order valence-corrected chi connectivity index (χ4v) is 6.09. The van der Waals surface area contributed by atoms with Gasteiger partial charge in [0.2, 0.25) is 23.6 Å². The van der Waals surface area contributed by atoms with E-state index in [1.165, 1.54) is 9.80 Å². The predicted octanol–water partition coefficient (Wildman–Crippen LogP) is 2.96. The molecule has 3 fully saturated rings. The summed E-state index contributed by atoms with van der Waals surface area (Å²) in [6.07, 6.45) is 4.94. The van der Waals surface area contributed by atoms with Gasteiger partial charge in [0.1, 0.15) is 18.1 Å². The van der Waals surface area contributed by atoms with Crippen molar-refractivity contribution in [1.82, 2.24) is 15.1 Å². The number of para-hydroxylation sites is 1. The molecule has 4 aliphatic rings. The lowest BCUT2D eigenvalue weighted by Crippen LogP contribution is -2.57. The van der Waals surface area contributed by atoms with Crippen LogP contribution in [0.3, 0.4) is 0 Å². The Morgan fingerprint density at radius 3 is 2.51 bits per heavy atom. The number of anilines is 1. The minimum Gasteiger partial charge on any atom is -0.344 e. The van der Waals surface area contributed by atoms with E-state index in [-0.39, 0.29) is 47.9 Å². The molecule has 2 aliphatic carbocycles. The van der Waals surface area contributed by atoms with Crippen molar-refractivity contribution in [2.75, 3.05) is 18.9 Å². The van der Waals surface area contributed by atoms with Crippen molar-refractivity contribution < 1.29 is 19.2 Å². The summed E-state index contributed by atoms with van der Waals surface area (Å²) in [6, 6.07) is 7.37. The van der Waals surface area contributed by atoms with Gasteiger partial charge in [0.25, 0.3) is 0 Å². The zero-order valence-corrected chi connectivity index (χ0v) is 23.3. The number of nitrogens with one attached hydrogen (secondary N) is 2. The Morgan fingerprint density at radius 1 is 1.21 bits per heavy atom. The second-order valence-electron chi connectivity index (χ2n) is 13.1. The number of carbonyl (C=O) groups is 4. The molecule has 1 aromatic carbocycles. The Kier molecular flexibility index (Phi) is 6.94. The summed E-state index contributed by atoms with van der Waals surface area (Å²) in [4.78, 5) is 56.9. The Bertz CT molecular complexity index is 1220. The highest BCUT2D eigenvalue weighted by Gasteiger charge is 2.57. The van der Waals surface area contributed by atoms with Gasteiger partial charge in [-0.3, -0.25) is 19.2 Å². The van der Waals surface area contributed by atoms with Crippen molar-refractivity contribution in [3.63, 3.8) is 0 Å². The second-order valence-corrected chi connectivity index (χ2v) is 13.1. The van der Waals surface area contributed by atoms with Gasteiger partial charge in [0, 0.05) is 31.6 Å². The predicted molar refractivity (Wildman–Crippen MR) is 145 cm³/mol. The molecule has 9 nitrogen and oxygen atoms in total. The molecular formula is C30H39N5O4. The number of hydrogen-bond donors (Lipinski definition) is 2. The van der Waals surface area contributed by atoms with E-state index >= 15 is 0 Å². The lowest BCUT2D eigenvalue weighted by atomic mass is 9.80. The van der Waals surface area contributed by atoms with Crippen LogP contribution in [0.4, 0.5) is 5.69 Å². The molecular weight excluding hydrogens is 494 g/mol. The lowest BCUT2D eigenvalue weighted by molar-refractivity contribution is -0.147. The smallest absolute Gasteiger partial charge is 0.246 e. The normalized spacial score (nSPS) is 25.5. The Balaban J connectivity index is 1.41. The molecule has 5 rings (SSSR count). The number of rotatable bonds is 8. The van der Waals surface area contributed by atoms with E-state index in [1.807, 2.05) is 45.0 Å². The topological polar surface area (TPSA) is 123 Å². The van der Waals surface area contributed by atoms with Crippen LogP contribution in [0, 0.1) is 28.6 Å². The van der Waals surface area contributed by atoms with Crippen molar-refractivity contribution >= 4 is 29.3 Å². The molecule has 39 heavy (non-hydrogen) atoms. The molecule has 4 amide bonds. The average Bonchev–Trinajstić information content (AvgIpc) is 3.83. The van der Waals surface area contributed by atoms with E-state index in [2.05, 4.69) is 16.7 Å². The van der Waals surface area contributed by atoms with E-state index in [9.17, 15) is 24.4 Å². The summed E-state index contributed by atoms with van der Waals surface area (Å²) in [6.45, 7) is 6.11. The highest BCUT2D eigenvalue weighted by molar-refractivity contribution is 6.07. The molecule has 4 atom stereocenters. The first-order valence-corrected chi connectivity index (χ1v) is 14.1. The summed E-state index contributed by atoms with van der Waals surface area (Å²) in [7, 11) is 1.63. The third-order valence-corrected chi connectivity index (χ3v) is 8.65. The van der Waals surface area contributed by atoms with E-state index in [1.54, 1.807) is 7.05 Å². The third-order valence-electron chi connectivity index (χ3n) is 8.65. The van der Waals surface area contributed by atoms with Crippen LogP contribution in [0.25, 0.3) is 0 Å². The molecule has 1 spiro atoms. The van der Waals surface area contributed by atoms with Gasteiger partial charge in [-0.05, 0) is 48.6 Å². The van der Waals surface area contributed by atoms with Crippen LogP contribution < -0.4 is 10.6 Å². The standard InChI is InChI=1S/C30H39N5O4/c1-29(2,3)15-24(34(4)26(37)23(13-18-9-10-18)32-25(36)19-11-12-19)27(38)35-17-30(14-20(35)16-31)21-7-5-6-8-22(21)33-28(30)39/h5-8,18-20,23-24H,9-15,17H2,1-4H3,(H,32,36)(H,33,39)/t20-,23-,24-,30-/m0/s1. The van der Waals surface area contributed by atoms with Gasteiger partial charge in [-0.15, -0.1) is 0 Å². The molecule has 0 unspecified atom stereocenters. The SMILES string of the molecule is CN(C(=O)[C@H](CC1CC1)NC(=O)C1CC1)[C@@H](CC(C)(C)C)C(=O)N1C[C@]2(C[C@H]1C#N)C(=O)Nc1ccccc12. The van der Waals surface area contributed by atoms with Crippen molar-refractivity contribution in [2.24, 2.45) is 17.3 Å². The number of likely N-dealkylation sites (tertiary alicyclic amines) is 1. The van der Waals surface area contributed by atoms with Gasteiger partial charge >= 0.3 is 0 Å². The highest BCUT2D eigenvalue weighted by atomic mass is 16.2. The number of amides is 4. The molecule has 2 aliphatic heterocycles.